The summed E-state index contributed by atoms with van der Waals surface area (Å²) >= 11 is 6.03. The summed E-state index contributed by atoms with van der Waals surface area (Å²) < 4.78 is 45.4. The average Bonchev–Trinajstić information content (AvgIpc) is 3.23. The third-order valence-corrected chi connectivity index (χ3v) is 4.55. The molecule has 1 heterocycles. The van der Waals surface area contributed by atoms with E-state index in [0.717, 1.165) is 17.7 Å². The quantitative estimate of drug-likeness (QED) is 0.515. The first-order chi connectivity index (χ1) is 14.2. The molecule has 0 aliphatic rings. The van der Waals surface area contributed by atoms with E-state index in [9.17, 15) is 22.8 Å². The highest BCUT2D eigenvalue weighted by Crippen LogP contribution is 2.37. The number of hydrogen-bond donors (Lipinski definition) is 2. The Morgan fingerprint density at radius 3 is 2.43 bits per heavy atom. The third kappa shape index (κ3) is 5.42. The number of anilines is 2. The van der Waals surface area contributed by atoms with Gasteiger partial charge in [-0.25, -0.2) is 0 Å². The summed E-state index contributed by atoms with van der Waals surface area (Å²) in [5, 5.41) is 5.10. The second kappa shape index (κ2) is 9.04. The molecule has 156 valence electrons. The van der Waals surface area contributed by atoms with Gasteiger partial charge in [-0.1, -0.05) is 29.8 Å². The number of aryl methyl sites for hydroxylation is 1. The Balaban J connectivity index is 1.73. The van der Waals surface area contributed by atoms with Gasteiger partial charge in [0, 0.05) is 17.1 Å². The van der Waals surface area contributed by atoms with E-state index >= 15 is 0 Å². The minimum absolute atomic E-state index is 0.0412. The zero-order valence-corrected chi connectivity index (χ0v) is 16.2. The van der Waals surface area contributed by atoms with Crippen LogP contribution in [0.15, 0.2) is 65.3 Å². The SMILES string of the molecule is O=C(CCc1ccccc1Cl)Nc1ccc(NC(=O)c2ccco2)cc1C(F)(F)F. The molecule has 0 spiro atoms. The van der Waals surface area contributed by atoms with Gasteiger partial charge in [0.15, 0.2) is 5.76 Å². The normalized spacial score (nSPS) is 11.2. The number of carbonyl (C=O) groups excluding carboxylic acids is 2. The molecule has 30 heavy (non-hydrogen) atoms. The largest absolute Gasteiger partial charge is 0.459 e. The maximum absolute atomic E-state index is 13.5. The summed E-state index contributed by atoms with van der Waals surface area (Å²) in [7, 11) is 0. The van der Waals surface area contributed by atoms with Crippen LogP contribution >= 0.6 is 11.6 Å². The van der Waals surface area contributed by atoms with Crippen LogP contribution in [0.4, 0.5) is 24.5 Å². The molecule has 2 amide bonds. The van der Waals surface area contributed by atoms with Gasteiger partial charge in [-0.3, -0.25) is 9.59 Å². The van der Waals surface area contributed by atoms with Crippen LogP contribution in [0.2, 0.25) is 5.02 Å². The van der Waals surface area contributed by atoms with Crippen LogP contribution < -0.4 is 10.6 Å². The number of amides is 2. The topological polar surface area (TPSA) is 71.3 Å². The van der Waals surface area contributed by atoms with Gasteiger partial charge < -0.3 is 15.1 Å². The van der Waals surface area contributed by atoms with E-state index in [1.54, 1.807) is 24.3 Å². The van der Waals surface area contributed by atoms with Gasteiger partial charge in [0.1, 0.15) is 0 Å². The molecular weight excluding hydrogens is 421 g/mol. The standard InChI is InChI=1S/C21H16ClF3N2O3/c22-16-5-2-1-4-13(16)7-10-19(28)27-17-9-8-14(12-15(17)21(23,24)25)26-20(29)18-6-3-11-30-18/h1-6,8-9,11-12H,7,10H2,(H,26,29)(H,27,28). The minimum Gasteiger partial charge on any atom is -0.459 e. The number of nitrogens with one attached hydrogen (secondary N) is 2. The maximum atomic E-state index is 13.5. The average molecular weight is 437 g/mol. The van der Waals surface area contributed by atoms with Crippen molar-refractivity contribution in [2.75, 3.05) is 10.6 Å². The zero-order valence-electron chi connectivity index (χ0n) is 15.4. The molecule has 0 saturated carbocycles. The van der Waals surface area contributed by atoms with E-state index in [4.69, 9.17) is 16.0 Å². The molecule has 0 aliphatic heterocycles. The lowest BCUT2D eigenvalue weighted by Gasteiger charge is -2.16. The number of halogens is 4. The Kier molecular flexibility index (Phi) is 6.47. The molecule has 0 saturated heterocycles. The third-order valence-electron chi connectivity index (χ3n) is 4.18. The van der Waals surface area contributed by atoms with Crippen molar-refractivity contribution in [3.8, 4) is 0 Å². The summed E-state index contributed by atoms with van der Waals surface area (Å²) in [6, 6.07) is 12.9. The van der Waals surface area contributed by atoms with Gasteiger partial charge in [0.2, 0.25) is 5.91 Å². The number of rotatable bonds is 6. The van der Waals surface area contributed by atoms with E-state index in [0.29, 0.717) is 5.02 Å². The molecule has 0 bridgehead atoms. The number of hydrogen-bond acceptors (Lipinski definition) is 3. The zero-order chi connectivity index (χ0) is 21.7. The minimum atomic E-state index is -4.74. The second-order valence-corrected chi connectivity index (χ2v) is 6.74. The van der Waals surface area contributed by atoms with Crippen LogP contribution in [0.25, 0.3) is 0 Å². The molecule has 1 aromatic heterocycles. The fourth-order valence-corrected chi connectivity index (χ4v) is 2.96. The van der Waals surface area contributed by atoms with Crippen molar-refractivity contribution in [1.82, 2.24) is 0 Å². The molecule has 0 aliphatic carbocycles. The number of alkyl halides is 3. The highest BCUT2D eigenvalue weighted by molar-refractivity contribution is 6.31. The highest BCUT2D eigenvalue weighted by Gasteiger charge is 2.34. The van der Waals surface area contributed by atoms with Crippen LogP contribution in [-0.2, 0) is 17.4 Å². The van der Waals surface area contributed by atoms with Crippen molar-refractivity contribution in [3.63, 3.8) is 0 Å². The van der Waals surface area contributed by atoms with E-state index in [1.807, 2.05) is 0 Å². The fourth-order valence-electron chi connectivity index (χ4n) is 2.73. The number of carbonyl (C=O) groups is 2. The van der Waals surface area contributed by atoms with E-state index in [1.165, 1.54) is 24.5 Å². The molecule has 0 radical (unpaired) electrons. The van der Waals surface area contributed by atoms with Crippen molar-refractivity contribution < 1.29 is 27.2 Å². The fraction of sp³-hybridized carbons (Fsp3) is 0.143. The first kappa shape index (κ1) is 21.4. The summed E-state index contributed by atoms with van der Waals surface area (Å²) in [6.07, 6.45) is -3.23. The monoisotopic (exact) mass is 436 g/mol. The smallest absolute Gasteiger partial charge is 0.418 e. The molecule has 0 unspecified atom stereocenters. The van der Waals surface area contributed by atoms with Crippen LogP contribution in [0.5, 0.6) is 0 Å². The predicted octanol–water partition coefficient (Wildman–Crippen LogP) is 5.78. The Hall–Kier alpha value is -3.26. The summed E-state index contributed by atoms with van der Waals surface area (Å²) in [6.45, 7) is 0. The van der Waals surface area contributed by atoms with Crippen molar-refractivity contribution >= 4 is 34.8 Å². The van der Waals surface area contributed by atoms with Gasteiger partial charge in [0.25, 0.3) is 5.91 Å². The van der Waals surface area contributed by atoms with Crippen molar-refractivity contribution in [3.05, 3.63) is 82.8 Å². The van der Waals surface area contributed by atoms with Gasteiger partial charge >= 0.3 is 6.18 Å². The van der Waals surface area contributed by atoms with E-state index < -0.39 is 29.2 Å². The number of furan rings is 1. The van der Waals surface area contributed by atoms with Crippen molar-refractivity contribution in [1.29, 1.82) is 0 Å². The lowest BCUT2D eigenvalue weighted by Crippen LogP contribution is -2.18. The molecule has 5 nitrogen and oxygen atoms in total. The molecular formula is C21H16ClF3N2O3. The molecule has 2 N–H and O–H groups in total. The molecule has 9 heteroatoms. The lowest BCUT2D eigenvalue weighted by atomic mass is 10.1. The predicted molar refractivity (Wildman–Crippen MR) is 107 cm³/mol. The van der Waals surface area contributed by atoms with Gasteiger partial charge in [-0.05, 0) is 48.4 Å². The Morgan fingerprint density at radius 1 is 1.00 bits per heavy atom. The highest BCUT2D eigenvalue weighted by atomic mass is 35.5. The second-order valence-electron chi connectivity index (χ2n) is 6.33. The molecule has 0 fully saturated rings. The summed E-state index contributed by atoms with van der Waals surface area (Å²) in [5.74, 6) is -1.32. The molecule has 0 atom stereocenters. The van der Waals surface area contributed by atoms with E-state index in [2.05, 4.69) is 10.6 Å². The van der Waals surface area contributed by atoms with Crippen molar-refractivity contribution in [2.24, 2.45) is 0 Å². The van der Waals surface area contributed by atoms with Crippen molar-refractivity contribution in [2.45, 2.75) is 19.0 Å². The van der Waals surface area contributed by atoms with Crippen LogP contribution in [0.1, 0.15) is 28.1 Å². The first-order valence-electron chi connectivity index (χ1n) is 8.83. The first-order valence-corrected chi connectivity index (χ1v) is 9.21. The van der Waals surface area contributed by atoms with Gasteiger partial charge in [-0.2, -0.15) is 13.2 Å². The molecule has 3 aromatic rings. The Morgan fingerprint density at radius 2 is 1.77 bits per heavy atom. The molecule has 2 aromatic carbocycles. The van der Waals surface area contributed by atoms with E-state index in [-0.39, 0.29) is 24.3 Å². The summed E-state index contributed by atoms with van der Waals surface area (Å²) in [4.78, 5) is 24.2. The van der Waals surface area contributed by atoms with Gasteiger partial charge in [0.05, 0.1) is 17.5 Å². The van der Waals surface area contributed by atoms with Crippen LogP contribution in [0, 0.1) is 0 Å². The van der Waals surface area contributed by atoms with Gasteiger partial charge in [-0.15, -0.1) is 0 Å². The van der Waals surface area contributed by atoms with Crippen LogP contribution in [-0.4, -0.2) is 11.8 Å². The Bertz CT molecular complexity index is 1050. The Labute approximate surface area is 174 Å². The summed E-state index contributed by atoms with van der Waals surface area (Å²) in [5.41, 5.74) is -0.840. The lowest BCUT2D eigenvalue weighted by molar-refractivity contribution is -0.136. The molecule has 3 rings (SSSR count). The number of benzene rings is 2. The maximum Gasteiger partial charge on any atom is 0.418 e. The van der Waals surface area contributed by atoms with Crippen LogP contribution in [0.3, 0.4) is 0 Å².